The maximum Gasteiger partial charge on any atom is 0.337 e. The quantitative estimate of drug-likeness (QED) is 0.231. The Kier molecular flexibility index (Phi) is 6.52. The lowest BCUT2D eigenvalue weighted by Crippen LogP contribution is -2.29. The van der Waals surface area contributed by atoms with Crippen LogP contribution in [0.2, 0.25) is 5.02 Å². The van der Waals surface area contributed by atoms with Gasteiger partial charge in [-0.05, 0) is 42.5 Å². The van der Waals surface area contributed by atoms with Crippen molar-refractivity contribution >= 4 is 40.7 Å². The van der Waals surface area contributed by atoms with E-state index in [0.29, 0.717) is 5.69 Å². The van der Waals surface area contributed by atoms with Crippen molar-refractivity contribution in [3.63, 3.8) is 0 Å². The number of rotatable bonds is 6. The van der Waals surface area contributed by atoms with Gasteiger partial charge in [0.1, 0.15) is 29.1 Å². The zero-order valence-corrected chi connectivity index (χ0v) is 19.7. The van der Waals surface area contributed by atoms with Crippen LogP contribution in [-0.2, 0) is 14.3 Å². The second-order valence-corrected chi connectivity index (χ2v) is 7.82. The fourth-order valence-electron chi connectivity index (χ4n) is 3.88. The number of hydrogen-bond acceptors (Lipinski definition) is 8. The monoisotopic (exact) mass is 497 g/mol. The highest BCUT2D eigenvalue weighted by Crippen LogP contribution is 2.44. The van der Waals surface area contributed by atoms with Crippen molar-refractivity contribution in [1.29, 1.82) is 0 Å². The molecule has 1 saturated heterocycles. The second-order valence-electron chi connectivity index (χ2n) is 7.41. The second kappa shape index (κ2) is 9.55. The molecule has 0 bridgehead atoms. The number of amides is 1. The van der Waals surface area contributed by atoms with E-state index in [1.165, 1.54) is 68.9 Å². The zero-order valence-electron chi connectivity index (χ0n) is 18.9. The minimum absolute atomic E-state index is 0.101. The molecule has 1 fully saturated rings. The lowest BCUT2D eigenvalue weighted by molar-refractivity contribution is -0.132. The summed E-state index contributed by atoms with van der Waals surface area (Å²) in [7, 11) is 4.03. The van der Waals surface area contributed by atoms with Crippen LogP contribution in [0.25, 0.3) is 5.76 Å². The Hall–Kier alpha value is -4.24. The van der Waals surface area contributed by atoms with Gasteiger partial charge in [-0.15, -0.1) is 0 Å². The van der Waals surface area contributed by atoms with Crippen molar-refractivity contribution in [2.24, 2.45) is 0 Å². The summed E-state index contributed by atoms with van der Waals surface area (Å²) in [5.41, 5.74) is 0.454. The van der Waals surface area contributed by atoms with Gasteiger partial charge in [0.15, 0.2) is 0 Å². The first kappa shape index (κ1) is 23.9. The molecule has 2 heterocycles. The number of carbonyl (C=O) groups is 3. The summed E-state index contributed by atoms with van der Waals surface area (Å²) in [6.45, 7) is 0. The van der Waals surface area contributed by atoms with Crippen LogP contribution in [0.1, 0.15) is 27.7 Å². The molecule has 1 N–H and O–H groups in total. The van der Waals surface area contributed by atoms with Gasteiger partial charge in [-0.25, -0.2) is 4.79 Å². The van der Waals surface area contributed by atoms with Gasteiger partial charge in [0.2, 0.25) is 0 Å². The average Bonchev–Trinajstić information content (AvgIpc) is 3.49. The summed E-state index contributed by atoms with van der Waals surface area (Å²) in [5, 5.41) is 11.5. The SMILES string of the molecule is COC(=O)c1ccc(N2C(=O)C(=O)/C(=C(/O)c3cc(OC)c(Cl)cc3OC)C2c2ccco2)cc1. The summed E-state index contributed by atoms with van der Waals surface area (Å²) < 4.78 is 20.8. The molecule has 4 rings (SSSR count). The molecule has 1 atom stereocenters. The average molecular weight is 498 g/mol. The van der Waals surface area contributed by atoms with Crippen LogP contribution in [0, 0.1) is 0 Å². The number of ketones is 1. The molecule has 2 aromatic carbocycles. The number of benzene rings is 2. The van der Waals surface area contributed by atoms with Crippen molar-refractivity contribution in [3.05, 3.63) is 82.3 Å². The van der Waals surface area contributed by atoms with E-state index < -0.39 is 29.5 Å². The molecule has 0 spiro atoms. The molecule has 1 aliphatic heterocycles. The van der Waals surface area contributed by atoms with Crippen LogP contribution in [0.15, 0.2) is 64.8 Å². The van der Waals surface area contributed by atoms with Crippen molar-refractivity contribution in [1.82, 2.24) is 0 Å². The van der Waals surface area contributed by atoms with E-state index in [9.17, 15) is 19.5 Å². The van der Waals surface area contributed by atoms with Crippen LogP contribution in [0.3, 0.4) is 0 Å². The molecule has 1 amide bonds. The largest absolute Gasteiger partial charge is 0.507 e. The van der Waals surface area contributed by atoms with Crippen molar-refractivity contribution in [2.45, 2.75) is 6.04 Å². The van der Waals surface area contributed by atoms with Gasteiger partial charge in [-0.3, -0.25) is 14.5 Å². The topological polar surface area (TPSA) is 116 Å². The zero-order chi connectivity index (χ0) is 25.3. The molecule has 0 aliphatic carbocycles. The molecule has 1 unspecified atom stereocenters. The molecule has 9 nitrogen and oxygen atoms in total. The molecule has 0 saturated carbocycles. The van der Waals surface area contributed by atoms with Crippen molar-refractivity contribution in [3.8, 4) is 11.5 Å². The highest BCUT2D eigenvalue weighted by atomic mass is 35.5. The van der Waals surface area contributed by atoms with Crippen LogP contribution < -0.4 is 14.4 Å². The van der Waals surface area contributed by atoms with E-state index in [2.05, 4.69) is 0 Å². The number of hydrogen-bond donors (Lipinski definition) is 1. The fraction of sp³-hybridized carbons (Fsp3) is 0.160. The molecule has 1 aromatic heterocycles. The van der Waals surface area contributed by atoms with E-state index in [4.69, 9.17) is 30.2 Å². The molecule has 0 radical (unpaired) electrons. The predicted octanol–water partition coefficient (Wildman–Crippen LogP) is 4.36. The van der Waals surface area contributed by atoms with Crippen LogP contribution in [-0.4, -0.2) is 44.1 Å². The number of furan rings is 1. The first-order valence-electron chi connectivity index (χ1n) is 10.3. The number of Topliss-reactive ketones (excluding diaryl/α,β-unsaturated/α-hetero) is 1. The van der Waals surface area contributed by atoms with Crippen LogP contribution in [0.4, 0.5) is 5.69 Å². The summed E-state index contributed by atoms with van der Waals surface area (Å²) in [6, 6.07) is 10.9. The van der Waals surface area contributed by atoms with Gasteiger partial charge in [-0.2, -0.15) is 0 Å². The normalized spacial score (nSPS) is 16.9. The van der Waals surface area contributed by atoms with Crippen molar-refractivity contribution < 1.29 is 38.1 Å². The number of anilines is 1. The fourth-order valence-corrected chi connectivity index (χ4v) is 4.11. The van der Waals surface area contributed by atoms with E-state index in [0.717, 1.165) is 0 Å². The number of ether oxygens (including phenoxy) is 3. The summed E-state index contributed by atoms with van der Waals surface area (Å²) >= 11 is 6.18. The minimum Gasteiger partial charge on any atom is -0.507 e. The Bertz CT molecular complexity index is 1330. The lowest BCUT2D eigenvalue weighted by atomic mass is 9.98. The number of carbonyl (C=O) groups excluding carboxylic acids is 3. The first-order chi connectivity index (χ1) is 16.8. The number of methoxy groups -OCH3 is 3. The van der Waals surface area contributed by atoms with Crippen LogP contribution >= 0.6 is 11.6 Å². The number of aliphatic hydroxyl groups excluding tert-OH is 1. The summed E-state index contributed by atoms with van der Waals surface area (Å²) in [5.74, 6) is -2.23. The van der Waals surface area contributed by atoms with E-state index in [1.807, 2.05) is 0 Å². The highest BCUT2D eigenvalue weighted by Gasteiger charge is 2.48. The van der Waals surface area contributed by atoms with E-state index in [-0.39, 0.29) is 39.0 Å². The Morgan fingerprint density at radius 2 is 1.71 bits per heavy atom. The Morgan fingerprint density at radius 1 is 1.03 bits per heavy atom. The highest BCUT2D eigenvalue weighted by molar-refractivity contribution is 6.51. The van der Waals surface area contributed by atoms with Gasteiger partial charge < -0.3 is 23.7 Å². The first-order valence-corrected chi connectivity index (χ1v) is 10.6. The minimum atomic E-state index is -1.10. The molecule has 1 aliphatic rings. The van der Waals surface area contributed by atoms with Crippen molar-refractivity contribution in [2.75, 3.05) is 26.2 Å². The smallest absolute Gasteiger partial charge is 0.337 e. The molecular formula is C25H20ClNO8. The maximum atomic E-state index is 13.2. The van der Waals surface area contributed by atoms with Gasteiger partial charge in [0.25, 0.3) is 11.7 Å². The van der Waals surface area contributed by atoms with Crippen LogP contribution in [0.5, 0.6) is 11.5 Å². The summed E-state index contributed by atoms with van der Waals surface area (Å²) in [4.78, 5) is 39.4. The Labute approximate surface area is 205 Å². The summed E-state index contributed by atoms with van der Waals surface area (Å²) in [6.07, 6.45) is 1.39. The third kappa shape index (κ3) is 4.10. The Morgan fingerprint density at radius 3 is 2.29 bits per heavy atom. The van der Waals surface area contributed by atoms with Gasteiger partial charge in [0.05, 0.1) is 49.3 Å². The predicted molar refractivity (Wildman–Crippen MR) is 126 cm³/mol. The van der Waals surface area contributed by atoms with E-state index >= 15 is 0 Å². The van der Waals surface area contributed by atoms with Gasteiger partial charge in [0, 0.05) is 11.8 Å². The number of esters is 1. The standard InChI is InChI=1S/C25H20ClNO8/c1-32-18-12-16(26)19(33-2)11-15(18)22(28)20-21(17-5-4-10-35-17)27(24(30)23(20)29)14-8-6-13(7-9-14)25(31)34-3/h4-12,21,28H,1-3H3/b22-20+. The number of aliphatic hydroxyl groups is 1. The maximum absolute atomic E-state index is 13.2. The molecular weight excluding hydrogens is 478 g/mol. The third-order valence-electron chi connectivity index (χ3n) is 5.55. The van der Waals surface area contributed by atoms with Gasteiger partial charge in [-0.1, -0.05) is 11.6 Å². The molecule has 35 heavy (non-hydrogen) atoms. The van der Waals surface area contributed by atoms with Gasteiger partial charge >= 0.3 is 5.97 Å². The number of nitrogens with zero attached hydrogens (tertiary/aromatic N) is 1. The molecule has 3 aromatic rings. The molecule has 180 valence electrons. The number of halogens is 1. The third-order valence-corrected chi connectivity index (χ3v) is 5.85. The molecule has 10 heteroatoms. The lowest BCUT2D eigenvalue weighted by Gasteiger charge is -2.23. The Balaban J connectivity index is 1.91. The van der Waals surface area contributed by atoms with E-state index in [1.54, 1.807) is 12.1 Å².